The summed E-state index contributed by atoms with van der Waals surface area (Å²) in [5.41, 5.74) is 3.57. The van der Waals surface area contributed by atoms with Crippen molar-refractivity contribution in [3.63, 3.8) is 0 Å². The SMILES string of the molecule is c1ccc(N2CCCC2)c(-c2cc[nH]n2)c1. The Hall–Kier alpha value is -1.77. The van der Waals surface area contributed by atoms with Crippen molar-refractivity contribution in [2.24, 2.45) is 0 Å². The largest absolute Gasteiger partial charge is 0.371 e. The van der Waals surface area contributed by atoms with Gasteiger partial charge in [-0.15, -0.1) is 0 Å². The second kappa shape index (κ2) is 4.00. The van der Waals surface area contributed by atoms with Gasteiger partial charge < -0.3 is 4.90 Å². The summed E-state index contributed by atoms with van der Waals surface area (Å²) in [6, 6.07) is 10.5. The number of H-pyrrole nitrogens is 1. The van der Waals surface area contributed by atoms with Gasteiger partial charge in [0.1, 0.15) is 0 Å². The maximum Gasteiger partial charge on any atom is 0.0941 e. The molecule has 0 radical (unpaired) electrons. The Labute approximate surface area is 95.1 Å². The molecule has 0 amide bonds. The van der Waals surface area contributed by atoms with Gasteiger partial charge in [0.05, 0.1) is 5.69 Å². The third-order valence-corrected chi connectivity index (χ3v) is 3.13. The molecule has 0 aliphatic carbocycles. The van der Waals surface area contributed by atoms with Crippen LogP contribution in [0.5, 0.6) is 0 Å². The van der Waals surface area contributed by atoms with E-state index >= 15 is 0 Å². The summed E-state index contributed by atoms with van der Waals surface area (Å²) >= 11 is 0. The second-order valence-electron chi connectivity index (χ2n) is 4.17. The van der Waals surface area contributed by atoms with Crippen LogP contribution in [0.2, 0.25) is 0 Å². The number of para-hydroxylation sites is 1. The Kier molecular flexibility index (Phi) is 2.37. The first-order valence-corrected chi connectivity index (χ1v) is 5.79. The highest BCUT2D eigenvalue weighted by Crippen LogP contribution is 2.31. The first kappa shape index (κ1) is 9.46. The van der Waals surface area contributed by atoms with E-state index in [4.69, 9.17) is 0 Å². The Bertz CT molecular complexity index is 456. The summed E-state index contributed by atoms with van der Waals surface area (Å²) in [5.74, 6) is 0. The van der Waals surface area contributed by atoms with E-state index in [2.05, 4.69) is 39.4 Å². The van der Waals surface area contributed by atoms with Crippen molar-refractivity contribution >= 4 is 5.69 Å². The quantitative estimate of drug-likeness (QED) is 0.831. The molecule has 1 saturated heterocycles. The molecule has 0 bridgehead atoms. The van der Waals surface area contributed by atoms with Crippen molar-refractivity contribution in [1.29, 1.82) is 0 Å². The molecule has 0 saturated carbocycles. The zero-order valence-electron chi connectivity index (χ0n) is 9.19. The van der Waals surface area contributed by atoms with Crippen LogP contribution in [0.25, 0.3) is 11.3 Å². The molecule has 2 aromatic rings. The molecule has 0 unspecified atom stereocenters. The molecule has 0 atom stereocenters. The van der Waals surface area contributed by atoms with Crippen LogP contribution < -0.4 is 4.90 Å². The van der Waals surface area contributed by atoms with Crippen LogP contribution in [0, 0.1) is 0 Å². The van der Waals surface area contributed by atoms with Gasteiger partial charge >= 0.3 is 0 Å². The predicted octanol–water partition coefficient (Wildman–Crippen LogP) is 2.68. The van der Waals surface area contributed by atoms with Gasteiger partial charge in [-0.3, -0.25) is 5.10 Å². The summed E-state index contributed by atoms with van der Waals surface area (Å²) in [5, 5.41) is 7.14. The van der Waals surface area contributed by atoms with E-state index < -0.39 is 0 Å². The number of nitrogens with one attached hydrogen (secondary N) is 1. The monoisotopic (exact) mass is 213 g/mol. The maximum atomic E-state index is 4.27. The fourth-order valence-electron chi connectivity index (χ4n) is 2.33. The molecule has 1 aliphatic heterocycles. The van der Waals surface area contributed by atoms with Gasteiger partial charge in [0, 0.05) is 30.5 Å². The third kappa shape index (κ3) is 1.58. The van der Waals surface area contributed by atoms with E-state index in [0.717, 1.165) is 5.69 Å². The predicted molar refractivity (Wildman–Crippen MR) is 65.5 cm³/mol. The van der Waals surface area contributed by atoms with E-state index in [0.29, 0.717) is 0 Å². The highest BCUT2D eigenvalue weighted by Gasteiger charge is 2.16. The highest BCUT2D eigenvalue weighted by atomic mass is 15.2. The second-order valence-corrected chi connectivity index (χ2v) is 4.17. The highest BCUT2D eigenvalue weighted by molar-refractivity contribution is 5.76. The number of benzene rings is 1. The lowest BCUT2D eigenvalue weighted by atomic mass is 10.1. The van der Waals surface area contributed by atoms with Gasteiger partial charge in [-0.1, -0.05) is 18.2 Å². The molecule has 3 nitrogen and oxygen atoms in total. The molecular weight excluding hydrogens is 198 g/mol. The molecule has 16 heavy (non-hydrogen) atoms. The summed E-state index contributed by atoms with van der Waals surface area (Å²) in [7, 11) is 0. The topological polar surface area (TPSA) is 31.9 Å². The lowest BCUT2D eigenvalue weighted by Crippen LogP contribution is -2.18. The van der Waals surface area contributed by atoms with Crippen molar-refractivity contribution in [3.05, 3.63) is 36.5 Å². The van der Waals surface area contributed by atoms with Crippen LogP contribution in [0.15, 0.2) is 36.5 Å². The summed E-state index contributed by atoms with van der Waals surface area (Å²) < 4.78 is 0. The Morgan fingerprint density at radius 2 is 1.88 bits per heavy atom. The number of aromatic nitrogens is 2. The average molecular weight is 213 g/mol. The summed E-state index contributed by atoms with van der Waals surface area (Å²) in [4.78, 5) is 2.45. The average Bonchev–Trinajstić information content (AvgIpc) is 3.03. The zero-order chi connectivity index (χ0) is 10.8. The zero-order valence-corrected chi connectivity index (χ0v) is 9.19. The minimum Gasteiger partial charge on any atom is -0.371 e. The van der Waals surface area contributed by atoms with Crippen molar-refractivity contribution in [2.75, 3.05) is 18.0 Å². The van der Waals surface area contributed by atoms with Gasteiger partial charge in [0.2, 0.25) is 0 Å². The summed E-state index contributed by atoms with van der Waals surface area (Å²) in [6.07, 6.45) is 4.47. The van der Waals surface area contributed by atoms with Crippen LogP contribution in [-0.4, -0.2) is 23.3 Å². The number of hydrogen-bond donors (Lipinski definition) is 1. The lowest BCUT2D eigenvalue weighted by Gasteiger charge is -2.20. The number of aromatic amines is 1. The number of anilines is 1. The van der Waals surface area contributed by atoms with E-state index in [9.17, 15) is 0 Å². The van der Waals surface area contributed by atoms with Crippen molar-refractivity contribution in [2.45, 2.75) is 12.8 Å². The minimum absolute atomic E-state index is 1.03. The van der Waals surface area contributed by atoms with Crippen molar-refractivity contribution in [1.82, 2.24) is 10.2 Å². The van der Waals surface area contributed by atoms with E-state index in [-0.39, 0.29) is 0 Å². The fraction of sp³-hybridized carbons (Fsp3) is 0.308. The molecule has 1 fully saturated rings. The lowest BCUT2D eigenvalue weighted by molar-refractivity contribution is 0.949. The van der Waals surface area contributed by atoms with E-state index in [1.165, 1.54) is 37.2 Å². The Morgan fingerprint density at radius 3 is 2.62 bits per heavy atom. The molecule has 0 spiro atoms. The Morgan fingerprint density at radius 1 is 1.06 bits per heavy atom. The fourth-order valence-corrected chi connectivity index (χ4v) is 2.33. The molecule has 1 aromatic carbocycles. The Balaban J connectivity index is 2.04. The van der Waals surface area contributed by atoms with E-state index in [1.54, 1.807) is 0 Å². The van der Waals surface area contributed by atoms with E-state index in [1.807, 2.05) is 12.3 Å². The van der Waals surface area contributed by atoms with Gasteiger partial charge in [0.25, 0.3) is 0 Å². The number of nitrogens with zero attached hydrogens (tertiary/aromatic N) is 2. The van der Waals surface area contributed by atoms with Crippen LogP contribution in [0.3, 0.4) is 0 Å². The van der Waals surface area contributed by atoms with Crippen molar-refractivity contribution < 1.29 is 0 Å². The summed E-state index contributed by atoms with van der Waals surface area (Å²) in [6.45, 7) is 2.34. The van der Waals surface area contributed by atoms with Gasteiger partial charge in [-0.25, -0.2) is 0 Å². The maximum absolute atomic E-state index is 4.27. The molecule has 2 heterocycles. The molecule has 1 aliphatic rings. The molecule has 1 aromatic heterocycles. The molecule has 3 rings (SSSR count). The third-order valence-electron chi connectivity index (χ3n) is 3.13. The molecule has 1 N–H and O–H groups in total. The molecule has 3 heteroatoms. The van der Waals surface area contributed by atoms with Gasteiger partial charge in [-0.05, 0) is 25.0 Å². The standard InChI is InChI=1S/C13H15N3/c1-2-6-13(16-9-3-4-10-16)11(5-1)12-7-8-14-15-12/h1-2,5-8H,3-4,9-10H2,(H,14,15). The van der Waals surface area contributed by atoms with Crippen LogP contribution in [0.4, 0.5) is 5.69 Å². The van der Waals surface area contributed by atoms with Gasteiger partial charge in [0.15, 0.2) is 0 Å². The minimum atomic E-state index is 1.03. The first-order valence-electron chi connectivity index (χ1n) is 5.79. The normalized spacial score (nSPS) is 15.6. The van der Waals surface area contributed by atoms with Crippen LogP contribution in [0.1, 0.15) is 12.8 Å². The number of rotatable bonds is 2. The van der Waals surface area contributed by atoms with Crippen LogP contribution >= 0.6 is 0 Å². The molecular formula is C13H15N3. The smallest absolute Gasteiger partial charge is 0.0941 e. The molecule has 82 valence electrons. The van der Waals surface area contributed by atoms with Crippen LogP contribution in [-0.2, 0) is 0 Å². The number of hydrogen-bond acceptors (Lipinski definition) is 2. The van der Waals surface area contributed by atoms with Gasteiger partial charge in [-0.2, -0.15) is 5.10 Å². The first-order chi connectivity index (χ1) is 7.95. The van der Waals surface area contributed by atoms with Crippen molar-refractivity contribution in [3.8, 4) is 11.3 Å².